The smallest absolute Gasteiger partial charge is 0.257 e. The van der Waals surface area contributed by atoms with Crippen molar-refractivity contribution >= 4 is 23.4 Å². The summed E-state index contributed by atoms with van der Waals surface area (Å²) in [7, 11) is 0. The molecule has 3 N–H and O–H groups in total. The fourth-order valence-corrected chi connectivity index (χ4v) is 2.26. The molecule has 2 heterocycles. The number of amides is 3. The van der Waals surface area contributed by atoms with Crippen LogP contribution in [0.1, 0.15) is 17.3 Å². The second-order valence-electron chi connectivity index (χ2n) is 4.81. The molecule has 8 heteroatoms. The van der Waals surface area contributed by atoms with Crippen LogP contribution in [0.25, 0.3) is 0 Å². The van der Waals surface area contributed by atoms with Crippen LogP contribution in [0, 0.1) is 0 Å². The summed E-state index contributed by atoms with van der Waals surface area (Å²) in [6.07, 6.45) is 0. The van der Waals surface area contributed by atoms with Gasteiger partial charge in [-0.25, -0.2) is 0 Å². The van der Waals surface area contributed by atoms with E-state index in [0.717, 1.165) is 0 Å². The average Bonchev–Trinajstić information content (AvgIpc) is 2.88. The number of piperazine rings is 1. The van der Waals surface area contributed by atoms with Crippen molar-refractivity contribution in [1.29, 1.82) is 0 Å². The maximum absolute atomic E-state index is 12.5. The first-order valence-electron chi connectivity index (χ1n) is 6.31. The monoisotopic (exact) mass is 291 g/mol. The normalized spacial score (nSPS) is 20.4. The summed E-state index contributed by atoms with van der Waals surface area (Å²) in [4.78, 5) is 36.8. The van der Waals surface area contributed by atoms with Gasteiger partial charge in [0.05, 0.1) is 5.56 Å². The van der Waals surface area contributed by atoms with E-state index in [1.54, 1.807) is 6.92 Å². The van der Waals surface area contributed by atoms with E-state index in [1.807, 2.05) is 0 Å². The van der Waals surface area contributed by atoms with Gasteiger partial charge < -0.3 is 20.1 Å². The minimum absolute atomic E-state index is 0.0629. The quantitative estimate of drug-likeness (QED) is 0.532. The van der Waals surface area contributed by atoms with Gasteiger partial charge in [0.2, 0.25) is 18.6 Å². The summed E-state index contributed by atoms with van der Waals surface area (Å²) in [6, 6.07) is 2.20. The Morgan fingerprint density at radius 1 is 1.33 bits per heavy atom. The van der Waals surface area contributed by atoms with Gasteiger partial charge in [-0.1, -0.05) is 0 Å². The van der Waals surface area contributed by atoms with Gasteiger partial charge in [-0.3, -0.25) is 19.7 Å². The molecule has 0 aromatic heterocycles. The highest BCUT2D eigenvalue weighted by Crippen LogP contribution is 2.36. The third-order valence-corrected chi connectivity index (χ3v) is 3.46. The van der Waals surface area contributed by atoms with Gasteiger partial charge in [-0.15, -0.1) is 0 Å². The minimum Gasteiger partial charge on any atom is -0.454 e. The van der Waals surface area contributed by atoms with Crippen LogP contribution in [0.15, 0.2) is 12.1 Å². The largest absolute Gasteiger partial charge is 0.454 e. The fourth-order valence-electron chi connectivity index (χ4n) is 2.26. The van der Waals surface area contributed by atoms with Crippen LogP contribution in [0.3, 0.4) is 0 Å². The number of carbonyl (C=O) groups is 3. The number of nitrogens with one attached hydrogen (secondary N) is 1. The van der Waals surface area contributed by atoms with Gasteiger partial charge in [-0.2, -0.15) is 0 Å². The van der Waals surface area contributed by atoms with Crippen LogP contribution in [-0.4, -0.2) is 42.0 Å². The molecule has 0 saturated carbocycles. The molecule has 3 amide bonds. The Kier molecular flexibility index (Phi) is 2.93. The summed E-state index contributed by atoms with van der Waals surface area (Å²) in [5.41, 5.74) is 6.23. The molecule has 1 unspecified atom stereocenters. The zero-order valence-corrected chi connectivity index (χ0v) is 11.2. The fraction of sp³-hybridized carbons (Fsp3) is 0.308. The summed E-state index contributed by atoms with van der Waals surface area (Å²) >= 11 is 0. The molecule has 110 valence electrons. The van der Waals surface area contributed by atoms with Crippen LogP contribution < -0.4 is 20.5 Å². The van der Waals surface area contributed by atoms with Crippen molar-refractivity contribution in [3.63, 3.8) is 0 Å². The number of rotatable bonds is 1. The number of fused-ring (bicyclic) bond motifs is 1. The lowest BCUT2D eigenvalue weighted by molar-refractivity contribution is -0.138. The molecular weight excluding hydrogens is 278 g/mol. The zero-order chi connectivity index (χ0) is 15.1. The lowest BCUT2D eigenvalue weighted by Gasteiger charge is -2.31. The second-order valence-corrected chi connectivity index (χ2v) is 4.81. The number of hydrogen-bond acceptors (Lipinski definition) is 6. The summed E-state index contributed by atoms with van der Waals surface area (Å²) in [5, 5.41) is 2.17. The molecule has 1 fully saturated rings. The van der Waals surface area contributed by atoms with Crippen molar-refractivity contribution < 1.29 is 23.9 Å². The third-order valence-electron chi connectivity index (χ3n) is 3.46. The second kappa shape index (κ2) is 4.65. The Bertz CT molecular complexity index is 657. The number of nitrogen functional groups attached to an aromatic ring is 1. The van der Waals surface area contributed by atoms with Crippen molar-refractivity contribution in [3.8, 4) is 11.5 Å². The summed E-state index contributed by atoms with van der Waals surface area (Å²) in [5.74, 6) is -0.663. The molecular formula is C13H13N3O5. The topological polar surface area (TPSA) is 111 Å². The van der Waals surface area contributed by atoms with Crippen LogP contribution in [0.4, 0.5) is 5.69 Å². The van der Waals surface area contributed by atoms with E-state index in [2.05, 4.69) is 5.32 Å². The standard InChI is InChI=1S/C13H13N3O5/c1-6-12(18)15-11(17)4-16(6)13(19)7-2-9-10(3-8(7)14)21-5-20-9/h2-3,6H,4-5,14H2,1H3,(H,15,17,18). The predicted molar refractivity (Wildman–Crippen MR) is 70.6 cm³/mol. The number of hydrogen-bond donors (Lipinski definition) is 2. The summed E-state index contributed by atoms with van der Waals surface area (Å²) < 4.78 is 10.4. The first-order valence-corrected chi connectivity index (χ1v) is 6.31. The number of imide groups is 1. The molecule has 1 atom stereocenters. The molecule has 21 heavy (non-hydrogen) atoms. The highest BCUT2D eigenvalue weighted by atomic mass is 16.7. The molecule has 2 aliphatic heterocycles. The van der Waals surface area contributed by atoms with E-state index >= 15 is 0 Å². The Hall–Kier alpha value is -2.77. The first kappa shape index (κ1) is 13.2. The molecule has 1 aromatic carbocycles. The SMILES string of the molecule is CC1C(=O)NC(=O)CN1C(=O)c1cc2c(cc1N)OCO2. The van der Waals surface area contributed by atoms with Crippen molar-refractivity contribution in [3.05, 3.63) is 17.7 Å². The number of benzene rings is 1. The van der Waals surface area contributed by atoms with Crippen molar-refractivity contribution in [2.75, 3.05) is 19.1 Å². The van der Waals surface area contributed by atoms with Crippen LogP contribution in [0.5, 0.6) is 11.5 Å². The average molecular weight is 291 g/mol. The lowest BCUT2D eigenvalue weighted by Crippen LogP contribution is -2.58. The van der Waals surface area contributed by atoms with Crippen molar-refractivity contribution in [1.82, 2.24) is 10.2 Å². The van der Waals surface area contributed by atoms with Gasteiger partial charge in [0.1, 0.15) is 12.6 Å². The van der Waals surface area contributed by atoms with E-state index in [0.29, 0.717) is 11.5 Å². The highest BCUT2D eigenvalue weighted by Gasteiger charge is 2.35. The molecule has 2 aliphatic rings. The Labute approximate surface area is 119 Å². The molecule has 8 nitrogen and oxygen atoms in total. The van der Waals surface area contributed by atoms with Crippen LogP contribution in [-0.2, 0) is 9.59 Å². The Balaban J connectivity index is 1.95. The molecule has 0 spiro atoms. The molecule has 1 aromatic rings. The molecule has 1 saturated heterocycles. The van der Waals surface area contributed by atoms with Crippen molar-refractivity contribution in [2.24, 2.45) is 0 Å². The van der Waals surface area contributed by atoms with Gasteiger partial charge in [0, 0.05) is 11.8 Å². The zero-order valence-electron chi connectivity index (χ0n) is 11.2. The molecule has 0 bridgehead atoms. The Morgan fingerprint density at radius 3 is 2.71 bits per heavy atom. The number of nitrogens with two attached hydrogens (primary N) is 1. The maximum atomic E-state index is 12.5. The summed E-state index contributed by atoms with van der Waals surface area (Å²) in [6.45, 7) is 1.41. The molecule has 3 rings (SSSR count). The number of nitrogens with zero attached hydrogens (tertiary/aromatic N) is 1. The number of anilines is 1. The molecule has 0 radical (unpaired) electrons. The van der Waals surface area contributed by atoms with E-state index < -0.39 is 23.8 Å². The molecule has 0 aliphatic carbocycles. The highest BCUT2D eigenvalue weighted by molar-refractivity contribution is 6.08. The van der Waals surface area contributed by atoms with Crippen molar-refractivity contribution in [2.45, 2.75) is 13.0 Å². The lowest BCUT2D eigenvalue weighted by atomic mass is 10.1. The van der Waals surface area contributed by atoms with Crippen LogP contribution in [0.2, 0.25) is 0 Å². The van der Waals surface area contributed by atoms with Crippen LogP contribution >= 0.6 is 0 Å². The Morgan fingerprint density at radius 2 is 2.00 bits per heavy atom. The van der Waals surface area contributed by atoms with E-state index in [4.69, 9.17) is 15.2 Å². The maximum Gasteiger partial charge on any atom is 0.257 e. The first-order chi connectivity index (χ1) is 9.97. The third kappa shape index (κ3) is 2.14. The van der Waals surface area contributed by atoms with Gasteiger partial charge in [0.15, 0.2) is 11.5 Å². The minimum atomic E-state index is -0.750. The van der Waals surface area contributed by atoms with E-state index in [9.17, 15) is 14.4 Å². The number of ether oxygens (including phenoxy) is 2. The van der Waals surface area contributed by atoms with E-state index in [1.165, 1.54) is 17.0 Å². The van der Waals surface area contributed by atoms with Gasteiger partial charge >= 0.3 is 0 Å². The van der Waals surface area contributed by atoms with Gasteiger partial charge in [-0.05, 0) is 13.0 Å². The van der Waals surface area contributed by atoms with E-state index in [-0.39, 0.29) is 24.6 Å². The predicted octanol–water partition coefficient (Wildman–Crippen LogP) is -0.515. The van der Waals surface area contributed by atoms with Gasteiger partial charge in [0.25, 0.3) is 5.91 Å². The number of carbonyl (C=O) groups excluding carboxylic acids is 3.